The second kappa shape index (κ2) is 6.87. The Bertz CT molecular complexity index is 625. The molecule has 21 heavy (non-hydrogen) atoms. The molecule has 2 rings (SSSR count). The number of hydrogen-bond donors (Lipinski definition) is 2. The molecule has 1 saturated heterocycles. The van der Waals surface area contributed by atoms with Gasteiger partial charge in [-0.2, -0.15) is 0 Å². The van der Waals surface area contributed by atoms with Gasteiger partial charge < -0.3 is 9.84 Å². The average molecular weight is 378 g/mol. The van der Waals surface area contributed by atoms with Crippen LogP contribution < -0.4 is 4.72 Å². The maximum Gasteiger partial charge on any atom is 0.336 e. The fourth-order valence-corrected chi connectivity index (χ4v) is 3.60. The van der Waals surface area contributed by atoms with Crippen molar-refractivity contribution >= 4 is 31.9 Å². The highest BCUT2D eigenvalue weighted by molar-refractivity contribution is 9.10. The van der Waals surface area contributed by atoms with Crippen molar-refractivity contribution in [2.24, 2.45) is 0 Å². The molecule has 116 valence electrons. The summed E-state index contributed by atoms with van der Waals surface area (Å²) in [6.45, 7) is 0.842. The molecule has 1 heterocycles. The fourth-order valence-electron chi connectivity index (χ4n) is 2.09. The van der Waals surface area contributed by atoms with E-state index in [4.69, 9.17) is 9.84 Å². The van der Waals surface area contributed by atoms with E-state index in [-0.39, 0.29) is 23.1 Å². The maximum atomic E-state index is 12.2. The van der Waals surface area contributed by atoms with E-state index < -0.39 is 16.0 Å². The van der Waals surface area contributed by atoms with Gasteiger partial charge in [-0.15, -0.1) is 0 Å². The topological polar surface area (TPSA) is 92.7 Å². The molecule has 8 heteroatoms. The first kappa shape index (κ1) is 16.4. The van der Waals surface area contributed by atoms with Crippen molar-refractivity contribution in [3.8, 4) is 0 Å². The van der Waals surface area contributed by atoms with Crippen LogP contribution in [-0.2, 0) is 14.8 Å². The monoisotopic (exact) mass is 377 g/mol. The van der Waals surface area contributed by atoms with Gasteiger partial charge in [0.15, 0.2) is 0 Å². The Hall–Kier alpha value is -0.960. The van der Waals surface area contributed by atoms with Crippen LogP contribution in [0.25, 0.3) is 0 Å². The SMILES string of the molecule is O=C(O)c1cc(S(=O)(=O)NCC2CCCCO2)ccc1Br. The lowest BCUT2D eigenvalue weighted by Gasteiger charge is -2.22. The molecule has 0 spiro atoms. The molecular weight excluding hydrogens is 362 g/mol. The Morgan fingerprint density at radius 3 is 2.81 bits per heavy atom. The van der Waals surface area contributed by atoms with Gasteiger partial charge in [-0.25, -0.2) is 17.9 Å². The van der Waals surface area contributed by atoms with Crippen molar-refractivity contribution < 1.29 is 23.1 Å². The molecule has 0 saturated carbocycles. The van der Waals surface area contributed by atoms with Gasteiger partial charge in [0.1, 0.15) is 0 Å². The van der Waals surface area contributed by atoms with E-state index in [0.29, 0.717) is 11.1 Å². The molecule has 1 aliphatic heterocycles. The molecule has 0 radical (unpaired) electrons. The maximum absolute atomic E-state index is 12.2. The molecule has 0 bridgehead atoms. The van der Waals surface area contributed by atoms with Crippen molar-refractivity contribution in [2.75, 3.05) is 13.2 Å². The standard InChI is InChI=1S/C13H16BrNO5S/c14-12-5-4-10(7-11(12)13(16)17)21(18,19)15-8-9-3-1-2-6-20-9/h4-5,7,9,15H,1-3,6,8H2,(H,16,17). The van der Waals surface area contributed by atoms with Crippen molar-refractivity contribution in [1.29, 1.82) is 0 Å². The molecule has 0 amide bonds. The molecule has 1 aliphatic rings. The van der Waals surface area contributed by atoms with Gasteiger partial charge >= 0.3 is 5.97 Å². The summed E-state index contributed by atoms with van der Waals surface area (Å²) < 4.78 is 32.6. The van der Waals surface area contributed by atoms with Gasteiger partial charge in [0.25, 0.3) is 0 Å². The lowest BCUT2D eigenvalue weighted by atomic mass is 10.1. The predicted molar refractivity (Wildman–Crippen MR) is 79.9 cm³/mol. The molecule has 1 aromatic carbocycles. The summed E-state index contributed by atoms with van der Waals surface area (Å²) in [5.41, 5.74) is -0.0909. The zero-order valence-corrected chi connectivity index (χ0v) is 13.6. The molecule has 1 atom stereocenters. The number of rotatable bonds is 5. The number of halogens is 1. The lowest BCUT2D eigenvalue weighted by molar-refractivity contribution is 0.0200. The fraction of sp³-hybridized carbons (Fsp3) is 0.462. The summed E-state index contributed by atoms with van der Waals surface area (Å²) in [5, 5.41) is 9.02. The summed E-state index contributed by atoms with van der Waals surface area (Å²) in [4.78, 5) is 11.0. The van der Waals surface area contributed by atoms with Gasteiger partial charge in [-0.3, -0.25) is 0 Å². The number of carboxylic acids is 1. The minimum Gasteiger partial charge on any atom is -0.478 e. The summed E-state index contributed by atoms with van der Waals surface area (Å²) in [6.07, 6.45) is 2.72. The zero-order chi connectivity index (χ0) is 15.5. The first-order chi connectivity index (χ1) is 9.90. The normalized spacial score (nSPS) is 19.4. The quantitative estimate of drug-likeness (QED) is 0.818. The summed E-state index contributed by atoms with van der Waals surface area (Å²) >= 11 is 3.08. The highest BCUT2D eigenvalue weighted by atomic mass is 79.9. The summed E-state index contributed by atoms with van der Waals surface area (Å²) in [5.74, 6) is -1.19. The molecule has 1 unspecified atom stereocenters. The summed E-state index contributed by atoms with van der Waals surface area (Å²) in [6, 6.07) is 3.91. The van der Waals surface area contributed by atoms with Gasteiger partial charge in [-0.05, 0) is 53.4 Å². The van der Waals surface area contributed by atoms with Crippen LogP contribution in [-0.4, -0.2) is 38.7 Å². The van der Waals surface area contributed by atoms with E-state index in [1.165, 1.54) is 12.1 Å². The zero-order valence-electron chi connectivity index (χ0n) is 11.2. The van der Waals surface area contributed by atoms with Crippen molar-refractivity contribution in [3.63, 3.8) is 0 Å². The molecule has 1 aromatic rings. The van der Waals surface area contributed by atoms with Crippen LogP contribution in [0.4, 0.5) is 0 Å². The van der Waals surface area contributed by atoms with E-state index in [1.54, 1.807) is 0 Å². The van der Waals surface area contributed by atoms with E-state index in [1.807, 2.05) is 0 Å². The molecular formula is C13H16BrNO5S. The van der Waals surface area contributed by atoms with Crippen molar-refractivity contribution in [3.05, 3.63) is 28.2 Å². The number of carboxylic acid groups (broad SMARTS) is 1. The van der Waals surface area contributed by atoms with E-state index >= 15 is 0 Å². The minimum atomic E-state index is -3.75. The predicted octanol–water partition coefficient (Wildman–Crippen LogP) is 1.99. The largest absolute Gasteiger partial charge is 0.478 e. The number of aromatic carboxylic acids is 1. The molecule has 0 aliphatic carbocycles. The third-order valence-electron chi connectivity index (χ3n) is 3.25. The second-order valence-electron chi connectivity index (χ2n) is 4.79. The van der Waals surface area contributed by atoms with Crippen LogP contribution in [0.2, 0.25) is 0 Å². The second-order valence-corrected chi connectivity index (χ2v) is 7.41. The Morgan fingerprint density at radius 1 is 1.43 bits per heavy atom. The lowest BCUT2D eigenvalue weighted by Crippen LogP contribution is -2.35. The number of benzene rings is 1. The van der Waals surface area contributed by atoms with Crippen molar-refractivity contribution in [2.45, 2.75) is 30.3 Å². The number of hydrogen-bond acceptors (Lipinski definition) is 4. The van der Waals surface area contributed by atoms with Crippen molar-refractivity contribution in [1.82, 2.24) is 4.72 Å². The number of nitrogens with one attached hydrogen (secondary N) is 1. The average Bonchev–Trinajstić information content (AvgIpc) is 2.46. The number of sulfonamides is 1. The molecule has 1 fully saturated rings. The molecule has 2 N–H and O–H groups in total. The van der Waals surface area contributed by atoms with E-state index in [9.17, 15) is 13.2 Å². The van der Waals surface area contributed by atoms with Crippen LogP contribution >= 0.6 is 15.9 Å². The Kier molecular flexibility index (Phi) is 5.37. The Balaban J connectivity index is 2.11. The van der Waals surface area contributed by atoms with Crippen LogP contribution in [0.1, 0.15) is 29.6 Å². The highest BCUT2D eigenvalue weighted by Gasteiger charge is 2.21. The van der Waals surface area contributed by atoms with Gasteiger partial charge in [-0.1, -0.05) is 0 Å². The van der Waals surface area contributed by atoms with E-state index in [0.717, 1.165) is 25.3 Å². The van der Waals surface area contributed by atoms with Crippen LogP contribution in [0.3, 0.4) is 0 Å². The van der Waals surface area contributed by atoms with Crippen LogP contribution in [0.15, 0.2) is 27.6 Å². The van der Waals surface area contributed by atoms with E-state index in [2.05, 4.69) is 20.7 Å². The molecule has 6 nitrogen and oxygen atoms in total. The van der Waals surface area contributed by atoms with Gasteiger partial charge in [0.2, 0.25) is 10.0 Å². The van der Waals surface area contributed by atoms with Gasteiger partial charge in [0, 0.05) is 17.6 Å². The van der Waals surface area contributed by atoms with Gasteiger partial charge in [0.05, 0.1) is 16.6 Å². The third-order valence-corrected chi connectivity index (χ3v) is 5.37. The number of carbonyl (C=O) groups is 1. The number of ether oxygens (including phenoxy) is 1. The first-order valence-corrected chi connectivity index (χ1v) is 8.82. The Morgan fingerprint density at radius 2 is 2.19 bits per heavy atom. The molecule has 0 aromatic heterocycles. The summed E-state index contributed by atoms with van der Waals surface area (Å²) in [7, 11) is -3.75. The van der Waals surface area contributed by atoms with Crippen LogP contribution in [0.5, 0.6) is 0 Å². The highest BCUT2D eigenvalue weighted by Crippen LogP contribution is 2.21. The smallest absolute Gasteiger partial charge is 0.336 e. The minimum absolute atomic E-state index is 0.0705. The first-order valence-electron chi connectivity index (χ1n) is 6.54. The van der Waals surface area contributed by atoms with Crippen LogP contribution in [0, 0.1) is 0 Å². The third kappa shape index (κ3) is 4.26. The Labute approximate surface area is 131 Å².